The Morgan fingerprint density at radius 3 is 2.29 bits per heavy atom. The molecule has 0 radical (unpaired) electrons. The van der Waals surface area contributed by atoms with Crippen molar-refractivity contribution in [2.24, 2.45) is 13.0 Å². The molecule has 35 heavy (non-hydrogen) atoms. The van der Waals surface area contributed by atoms with Gasteiger partial charge in [-0.25, -0.2) is 9.78 Å². The molecule has 2 fully saturated rings. The number of rotatable bonds is 6. The molecule has 1 saturated heterocycles. The summed E-state index contributed by atoms with van der Waals surface area (Å²) >= 11 is 0. The summed E-state index contributed by atoms with van der Waals surface area (Å²) < 4.78 is 13.3. The SMILES string of the molecule is COc1cc(Cn2c(=O)c3c(N4CCN(C(=O)C5CC5)CC4)ccnc3n(C)c2=O)cc(OC)c1. The molecule has 2 aromatic heterocycles. The highest BCUT2D eigenvalue weighted by atomic mass is 16.5. The summed E-state index contributed by atoms with van der Waals surface area (Å²) in [5.74, 6) is 1.58. The first-order valence-corrected chi connectivity index (χ1v) is 11.8. The van der Waals surface area contributed by atoms with E-state index in [0.717, 1.165) is 18.5 Å². The molecular formula is C25H29N5O5. The Balaban J connectivity index is 1.53. The first-order valence-electron chi connectivity index (χ1n) is 11.8. The lowest BCUT2D eigenvalue weighted by Crippen LogP contribution is -2.49. The Hall–Kier alpha value is -3.82. The van der Waals surface area contributed by atoms with Crippen molar-refractivity contribution in [3.8, 4) is 11.5 Å². The molecule has 2 aliphatic rings. The van der Waals surface area contributed by atoms with Crippen LogP contribution >= 0.6 is 0 Å². The Kier molecular flexibility index (Phi) is 5.96. The van der Waals surface area contributed by atoms with E-state index < -0.39 is 11.2 Å². The average molecular weight is 480 g/mol. The van der Waals surface area contributed by atoms with E-state index in [-0.39, 0.29) is 18.4 Å². The van der Waals surface area contributed by atoms with Gasteiger partial charge in [-0.2, -0.15) is 0 Å². The number of fused-ring (bicyclic) bond motifs is 1. The second-order valence-electron chi connectivity index (χ2n) is 9.07. The van der Waals surface area contributed by atoms with Crippen molar-refractivity contribution in [1.29, 1.82) is 0 Å². The van der Waals surface area contributed by atoms with E-state index in [1.54, 1.807) is 45.7 Å². The maximum Gasteiger partial charge on any atom is 0.332 e. The van der Waals surface area contributed by atoms with Gasteiger partial charge in [0.25, 0.3) is 5.56 Å². The number of carbonyl (C=O) groups is 1. The lowest BCUT2D eigenvalue weighted by Gasteiger charge is -2.36. The predicted molar refractivity (Wildman–Crippen MR) is 131 cm³/mol. The zero-order valence-electron chi connectivity index (χ0n) is 20.2. The maximum atomic E-state index is 13.7. The lowest BCUT2D eigenvalue weighted by molar-refractivity contribution is -0.132. The zero-order chi connectivity index (χ0) is 24.7. The molecule has 184 valence electrons. The van der Waals surface area contributed by atoms with Crippen molar-refractivity contribution in [2.75, 3.05) is 45.3 Å². The average Bonchev–Trinajstić information content (AvgIpc) is 3.74. The van der Waals surface area contributed by atoms with Crippen LogP contribution in [0.25, 0.3) is 11.0 Å². The molecule has 0 N–H and O–H groups in total. The van der Waals surface area contributed by atoms with Crippen LogP contribution in [0, 0.1) is 5.92 Å². The summed E-state index contributed by atoms with van der Waals surface area (Å²) in [6.45, 7) is 2.53. The van der Waals surface area contributed by atoms with Crippen LogP contribution in [-0.2, 0) is 18.4 Å². The van der Waals surface area contributed by atoms with Crippen LogP contribution in [0.15, 0.2) is 40.1 Å². The first-order chi connectivity index (χ1) is 16.9. The summed E-state index contributed by atoms with van der Waals surface area (Å²) in [7, 11) is 4.72. The van der Waals surface area contributed by atoms with Gasteiger partial charge in [0.15, 0.2) is 5.65 Å². The molecule has 1 aliphatic carbocycles. The number of methoxy groups -OCH3 is 2. The van der Waals surface area contributed by atoms with E-state index in [4.69, 9.17) is 9.47 Å². The van der Waals surface area contributed by atoms with Gasteiger partial charge >= 0.3 is 5.69 Å². The van der Waals surface area contributed by atoms with Crippen molar-refractivity contribution >= 4 is 22.6 Å². The normalized spacial score (nSPS) is 16.0. The van der Waals surface area contributed by atoms with Gasteiger partial charge < -0.3 is 19.3 Å². The highest BCUT2D eigenvalue weighted by molar-refractivity contribution is 5.89. The zero-order valence-corrected chi connectivity index (χ0v) is 20.2. The number of hydrogen-bond acceptors (Lipinski definition) is 7. The fourth-order valence-corrected chi connectivity index (χ4v) is 4.69. The minimum Gasteiger partial charge on any atom is -0.497 e. The Bertz CT molecular complexity index is 1380. The van der Waals surface area contributed by atoms with Gasteiger partial charge in [0.05, 0.1) is 26.5 Å². The third kappa shape index (κ3) is 4.24. The molecule has 10 heteroatoms. The molecule has 0 bridgehead atoms. The lowest BCUT2D eigenvalue weighted by atomic mass is 10.1. The monoisotopic (exact) mass is 479 g/mol. The summed E-state index contributed by atoms with van der Waals surface area (Å²) in [6, 6.07) is 7.10. The third-order valence-electron chi connectivity index (χ3n) is 6.81. The Morgan fingerprint density at radius 1 is 1.03 bits per heavy atom. The van der Waals surface area contributed by atoms with E-state index >= 15 is 0 Å². The number of hydrogen-bond donors (Lipinski definition) is 0. The van der Waals surface area contributed by atoms with Crippen LogP contribution in [0.2, 0.25) is 0 Å². The summed E-state index contributed by atoms with van der Waals surface area (Å²) in [5.41, 5.74) is 0.926. The smallest absolute Gasteiger partial charge is 0.332 e. The Labute approximate surface area is 202 Å². The summed E-state index contributed by atoms with van der Waals surface area (Å²) in [4.78, 5) is 47.7. The minimum atomic E-state index is -0.450. The number of piperazine rings is 1. The standard InChI is InChI=1S/C25H29N5O5/c1-27-22-21(20(6-7-26-22)28-8-10-29(11-9-28)23(31)17-4-5-17)24(32)30(25(27)33)15-16-12-18(34-2)14-19(13-16)35-3/h6-7,12-14,17H,4-5,8-11,15H2,1-3H3. The van der Waals surface area contributed by atoms with E-state index in [1.165, 1.54) is 9.13 Å². The molecule has 10 nitrogen and oxygen atoms in total. The van der Waals surface area contributed by atoms with Gasteiger partial charge in [0, 0.05) is 51.4 Å². The van der Waals surface area contributed by atoms with Crippen LogP contribution in [-0.4, -0.2) is 65.3 Å². The molecule has 0 atom stereocenters. The van der Waals surface area contributed by atoms with Crippen LogP contribution in [0.4, 0.5) is 5.69 Å². The number of ether oxygens (including phenoxy) is 2. The molecule has 3 aromatic rings. The van der Waals surface area contributed by atoms with Gasteiger partial charge in [-0.05, 0) is 36.6 Å². The number of carbonyl (C=O) groups excluding carboxylic acids is 1. The fourth-order valence-electron chi connectivity index (χ4n) is 4.69. The highest BCUT2D eigenvalue weighted by Gasteiger charge is 2.35. The number of pyridine rings is 1. The molecule has 1 amide bonds. The molecule has 0 unspecified atom stereocenters. The summed E-state index contributed by atoms with van der Waals surface area (Å²) in [6.07, 6.45) is 3.59. The van der Waals surface area contributed by atoms with Crippen LogP contribution in [0.1, 0.15) is 18.4 Å². The number of aryl methyl sites for hydroxylation is 1. The molecular weight excluding hydrogens is 450 g/mol. The number of benzene rings is 1. The number of nitrogens with zero attached hydrogens (tertiary/aromatic N) is 5. The van der Waals surface area contributed by atoms with Crippen LogP contribution < -0.4 is 25.6 Å². The maximum absolute atomic E-state index is 13.7. The molecule has 3 heterocycles. The van der Waals surface area contributed by atoms with Crippen molar-refractivity contribution in [3.05, 3.63) is 56.9 Å². The van der Waals surface area contributed by atoms with E-state index in [1.807, 2.05) is 11.0 Å². The molecule has 1 saturated carbocycles. The molecule has 5 rings (SSSR count). The van der Waals surface area contributed by atoms with E-state index in [0.29, 0.717) is 54.3 Å². The number of aromatic nitrogens is 3. The third-order valence-corrected chi connectivity index (χ3v) is 6.81. The minimum absolute atomic E-state index is 0.0625. The van der Waals surface area contributed by atoms with Gasteiger partial charge in [0.2, 0.25) is 5.91 Å². The van der Waals surface area contributed by atoms with Gasteiger partial charge in [0.1, 0.15) is 16.9 Å². The van der Waals surface area contributed by atoms with Crippen molar-refractivity contribution in [2.45, 2.75) is 19.4 Å². The predicted octanol–water partition coefficient (Wildman–Crippen LogP) is 1.22. The second-order valence-corrected chi connectivity index (χ2v) is 9.07. The van der Waals surface area contributed by atoms with Crippen LogP contribution in [0.3, 0.4) is 0 Å². The van der Waals surface area contributed by atoms with Crippen molar-refractivity contribution in [1.82, 2.24) is 19.0 Å². The van der Waals surface area contributed by atoms with E-state index in [2.05, 4.69) is 9.88 Å². The molecule has 1 aliphatic heterocycles. The first kappa shape index (κ1) is 22.9. The molecule has 1 aromatic carbocycles. The summed E-state index contributed by atoms with van der Waals surface area (Å²) in [5, 5.41) is 0.395. The topological polar surface area (TPSA) is 98.9 Å². The van der Waals surface area contributed by atoms with Crippen molar-refractivity contribution in [3.63, 3.8) is 0 Å². The van der Waals surface area contributed by atoms with E-state index in [9.17, 15) is 14.4 Å². The number of amides is 1. The van der Waals surface area contributed by atoms with Gasteiger partial charge in [-0.15, -0.1) is 0 Å². The number of anilines is 1. The largest absolute Gasteiger partial charge is 0.497 e. The van der Waals surface area contributed by atoms with Gasteiger partial charge in [-0.1, -0.05) is 0 Å². The second kappa shape index (κ2) is 9.09. The highest BCUT2D eigenvalue weighted by Crippen LogP contribution is 2.32. The van der Waals surface area contributed by atoms with Crippen molar-refractivity contribution < 1.29 is 14.3 Å². The van der Waals surface area contributed by atoms with Crippen LogP contribution in [0.5, 0.6) is 11.5 Å². The molecule has 0 spiro atoms. The quantitative estimate of drug-likeness (QED) is 0.524. The Morgan fingerprint density at radius 2 is 1.69 bits per heavy atom. The van der Waals surface area contributed by atoms with Gasteiger partial charge in [-0.3, -0.25) is 18.7 Å². The fraction of sp³-hybridized carbons (Fsp3) is 0.440.